The number of fused-ring (bicyclic) bond motifs is 1. The summed E-state index contributed by atoms with van der Waals surface area (Å²) in [6.45, 7) is 0. The predicted molar refractivity (Wildman–Crippen MR) is 104 cm³/mol. The van der Waals surface area contributed by atoms with Crippen molar-refractivity contribution in [3.05, 3.63) is 87.5 Å². The van der Waals surface area contributed by atoms with Gasteiger partial charge in [-0.25, -0.2) is 14.4 Å². The van der Waals surface area contributed by atoms with E-state index in [4.69, 9.17) is 0 Å². The van der Waals surface area contributed by atoms with E-state index in [0.29, 0.717) is 0 Å². The quantitative estimate of drug-likeness (QED) is 0.535. The van der Waals surface area contributed by atoms with Gasteiger partial charge in [0.05, 0.1) is 16.5 Å². The number of nitro groups is 1. The van der Waals surface area contributed by atoms with E-state index in [1.165, 1.54) is 17.8 Å². The van der Waals surface area contributed by atoms with Gasteiger partial charge in [0.2, 0.25) is 0 Å². The highest BCUT2D eigenvalue weighted by molar-refractivity contribution is 5.93. The average molecular weight is 392 g/mol. The van der Waals surface area contributed by atoms with E-state index in [-0.39, 0.29) is 28.8 Å². The number of hydrogen-bond acceptors (Lipinski definition) is 5. The summed E-state index contributed by atoms with van der Waals surface area (Å²) in [7, 11) is 0. The Hall–Kier alpha value is -3.68. The molecule has 146 valence electrons. The van der Waals surface area contributed by atoms with Gasteiger partial charge in [0.25, 0.3) is 11.6 Å². The molecule has 0 radical (unpaired) electrons. The zero-order valence-electron chi connectivity index (χ0n) is 15.3. The highest BCUT2D eigenvalue weighted by Gasteiger charge is 2.24. The smallest absolute Gasteiger partial charge is 0.280 e. The molecule has 0 bridgehead atoms. The molecule has 0 saturated carbocycles. The van der Waals surface area contributed by atoms with Gasteiger partial charge in [-0.1, -0.05) is 24.3 Å². The fourth-order valence-corrected chi connectivity index (χ4v) is 3.60. The molecule has 29 heavy (non-hydrogen) atoms. The number of aryl methyl sites for hydroxylation is 1. The van der Waals surface area contributed by atoms with Gasteiger partial charge in [0.15, 0.2) is 5.82 Å². The maximum absolute atomic E-state index is 13.6. The Morgan fingerprint density at radius 1 is 1.21 bits per heavy atom. The molecule has 1 aromatic heterocycles. The van der Waals surface area contributed by atoms with Gasteiger partial charge in [0.1, 0.15) is 11.5 Å². The van der Waals surface area contributed by atoms with Crippen molar-refractivity contribution in [1.29, 1.82) is 0 Å². The molecule has 1 N–H and O–H groups in total. The summed E-state index contributed by atoms with van der Waals surface area (Å²) in [5.74, 6) is -1.13. The second-order valence-corrected chi connectivity index (χ2v) is 6.80. The van der Waals surface area contributed by atoms with Gasteiger partial charge in [-0.15, -0.1) is 0 Å². The lowest BCUT2D eigenvalue weighted by atomic mass is 9.87. The molecule has 0 saturated heterocycles. The zero-order valence-corrected chi connectivity index (χ0v) is 15.3. The van der Waals surface area contributed by atoms with Gasteiger partial charge in [-0.3, -0.25) is 14.9 Å². The third-order valence-corrected chi connectivity index (χ3v) is 4.96. The summed E-state index contributed by atoms with van der Waals surface area (Å²) < 4.78 is 13.6. The summed E-state index contributed by atoms with van der Waals surface area (Å²) in [5, 5.41) is 14.2. The molecule has 7 nitrogen and oxygen atoms in total. The van der Waals surface area contributed by atoms with Crippen molar-refractivity contribution in [2.24, 2.45) is 0 Å². The first kappa shape index (κ1) is 18.7. The molecule has 0 spiro atoms. The van der Waals surface area contributed by atoms with Crippen LogP contribution in [0.5, 0.6) is 0 Å². The Labute approximate surface area is 165 Å². The van der Waals surface area contributed by atoms with Crippen molar-refractivity contribution in [1.82, 2.24) is 15.3 Å². The maximum Gasteiger partial charge on any atom is 0.280 e. The monoisotopic (exact) mass is 392 g/mol. The van der Waals surface area contributed by atoms with Crippen LogP contribution in [0.2, 0.25) is 0 Å². The lowest BCUT2D eigenvalue weighted by molar-refractivity contribution is -0.384. The number of nitro benzene ring substituents is 1. The molecule has 1 amide bonds. The fraction of sp³-hybridized carbons (Fsp3) is 0.190. The number of nitrogens with one attached hydrogen (secondary N) is 1. The first-order valence-electron chi connectivity index (χ1n) is 9.19. The lowest BCUT2D eigenvalue weighted by Gasteiger charge is -2.26. The summed E-state index contributed by atoms with van der Waals surface area (Å²) in [6, 6.07) is 12.3. The van der Waals surface area contributed by atoms with Crippen LogP contribution in [-0.2, 0) is 6.42 Å². The van der Waals surface area contributed by atoms with Crippen LogP contribution in [0.4, 0.5) is 10.1 Å². The van der Waals surface area contributed by atoms with Crippen molar-refractivity contribution < 1.29 is 14.1 Å². The highest BCUT2D eigenvalue weighted by atomic mass is 19.1. The number of rotatable bonds is 4. The minimum absolute atomic E-state index is 0.0663. The van der Waals surface area contributed by atoms with Crippen LogP contribution in [0.1, 0.15) is 40.5 Å². The molecule has 0 fully saturated rings. The molecule has 4 rings (SSSR count). The average Bonchev–Trinajstić information content (AvgIpc) is 2.74. The van der Waals surface area contributed by atoms with Crippen molar-refractivity contribution >= 4 is 11.6 Å². The van der Waals surface area contributed by atoms with Crippen molar-refractivity contribution in [2.45, 2.75) is 25.3 Å². The maximum atomic E-state index is 13.6. The predicted octanol–water partition coefficient (Wildman–Crippen LogP) is 4.00. The van der Waals surface area contributed by atoms with Crippen molar-refractivity contribution in [3.8, 4) is 11.4 Å². The number of carbonyl (C=O) groups excluding carboxylic acids is 1. The molecule has 1 aliphatic carbocycles. The van der Waals surface area contributed by atoms with Crippen LogP contribution >= 0.6 is 0 Å². The molecule has 0 unspecified atom stereocenters. The minimum Gasteiger partial charge on any atom is -0.344 e. The zero-order chi connectivity index (χ0) is 20.4. The number of aromatic nitrogens is 2. The second-order valence-electron chi connectivity index (χ2n) is 6.80. The van der Waals surface area contributed by atoms with Gasteiger partial charge in [-0.05, 0) is 48.6 Å². The molecule has 1 heterocycles. The topological polar surface area (TPSA) is 98.0 Å². The van der Waals surface area contributed by atoms with Crippen molar-refractivity contribution in [3.63, 3.8) is 0 Å². The normalized spacial score (nSPS) is 15.4. The van der Waals surface area contributed by atoms with E-state index in [2.05, 4.69) is 21.4 Å². The van der Waals surface area contributed by atoms with Crippen LogP contribution in [0.25, 0.3) is 11.4 Å². The number of amides is 1. The highest BCUT2D eigenvalue weighted by Crippen LogP contribution is 2.30. The van der Waals surface area contributed by atoms with Gasteiger partial charge < -0.3 is 5.32 Å². The molecular formula is C21H17FN4O3. The van der Waals surface area contributed by atoms with Crippen LogP contribution in [0.15, 0.2) is 54.7 Å². The fourth-order valence-electron chi connectivity index (χ4n) is 3.60. The summed E-state index contributed by atoms with van der Waals surface area (Å²) >= 11 is 0. The second kappa shape index (κ2) is 7.75. The molecule has 3 aromatic rings. The van der Waals surface area contributed by atoms with Crippen molar-refractivity contribution in [2.75, 3.05) is 0 Å². The summed E-state index contributed by atoms with van der Waals surface area (Å²) in [4.78, 5) is 31.6. The molecule has 2 aromatic carbocycles. The number of nitrogens with zero attached hydrogens (tertiary/aromatic N) is 3. The molecule has 1 aliphatic rings. The van der Waals surface area contributed by atoms with Crippen LogP contribution < -0.4 is 5.32 Å². The van der Waals surface area contributed by atoms with E-state index in [0.717, 1.165) is 43.0 Å². The Kier molecular flexibility index (Phi) is 4.99. The first-order valence-corrected chi connectivity index (χ1v) is 9.19. The Morgan fingerprint density at radius 2 is 2.03 bits per heavy atom. The number of carbonyl (C=O) groups is 1. The first-order chi connectivity index (χ1) is 14.0. The van der Waals surface area contributed by atoms with Crippen LogP contribution in [0, 0.1) is 15.9 Å². The molecule has 0 aliphatic heterocycles. The Balaban J connectivity index is 1.63. The van der Waals surface area contributed by atoms with Gasteiger partial charge in [-0.2, -0.15) is 0 Å². The van der Waals surface area contributed by atoms with Gasteiger partial charge >= 0.3 is 0 Å². The molecular weight excluding hydrogens is 375 g/mol. The van der Waals surface area contributed by atoms with E-state index in [1.807, 2.05) is 18.2 Å². The molecule has 1 atom stereocenters. The lowest BCUT2D eigenvalue weighted by Crippen LogP contribution is -2.31. The largest absolute Gasteiger partial charge is 0.344 e. The van der Waals surface area contributed by atoms with E-state index >= 15 is 0 Å². The third kappa shape index (κ3) is 3.82. The standard InChI is InChI=1S/C21H17FN4O3/c22-14-8-9-19(26(28)29)16(12-14)20-23-11-10-18(24-20)21(27)25-17-7-3-5-13-4-1-2-6-15(13)17/h1-2,4,6,8-12,17H,3,5,7H2,(H,25,27)/t17-/m0/s1. The van der Waals surface area contributed by atoms with Crippen LogP contribution in [-0.4, -0.2) is 20.8 Å². The SMILES string of the molecule is O=C(N[C@H]1CCCc2ccccc21)c1ccnc(-c2cc(F)ccc2[N+](=O)[O-])n1. The summed E-state index contributed by atoms with van der Waals surface area (Å²) in [6.07, 6.45) is 4.09. The van der Waals surface area contributed by atoms with E-state index in [9.17, 15) is 19.3 Å². The van der Waals surface area contributed by atoms with Crippen LogP contribution in [0.3, 0.4) is 0 Å². The third-order valence-electron chi connectivity index (χ3n) is 4.96. The van der Waals surface area contributed by atoms with E-state index < -0.39 is 16.6 Å². The number of hydrogen-bond donors (Lipinski definition) is 1. The minimum atomic E-state index is -0.650. The Bertz CT molecular complexity index is 1100. The number of benzene rings is 2. The van der Waals surface area contributed by atoms with Gasteiger partial charge in [0, 0.05) is 12.3 Å². The number of halogens is 1. The Morgan fingerprint density at radius 3 is 2.86 bits per heavy atom. The molecule has 8 heteroatoms. The van der Waals surface area contributed by atoms with E-state index in [1.54, 1.807) is 0 Å². The summed E-state index contributed by atoms with van der Waals surface area (Å²) in [5.41, 5.74) is 1.96.